The van der Waals surface area contributed by atoms with E-state index in [2.05, 4.69) is 19.9 Å². The van der Waals surface area contributed by atoms with Gasteiger partial charge in [-0.3, -0.25) is 9.59 Å². The molecule has 0 unspecified atom stereocenters. The first-order valence-corrected chi connectivity index (χ1v) is 27.9. The van der Waals surface area contributed by atoms with Crippen LogP contribution in [0.3, 0.4) is 0 Å². The average Bonchev–Trinajstić information content (AvgIpc) is 4.28. The molecule has 0 saturated carbocycles. The highest BCUT2D eigenvalue weighted by Crippen LogP contribution is 2.26. The van der Waals surface area contributed by atoms with Crippen molar-refractivity contribution in [1.29, 1.82) is 0 Å². The lowest BCUT2D eigenvalue weighted by Gasteiger charge is -2.03. The Kier molecular flexibility index (Phi) is 29.1. The average molecular weight is 1290 g/mol. The highest BCUT2D eigenvalue weighted by Gasteiger charge is 2.16. The van der Waals surface area contributed by atoms with Gasteiger partial charge in [0.1, 0.15) is 22.8 Å². The van der Waals surface area contributed by atoms with Gasteiger partial charge in [0.05, 0.1) is 19.8 Å². The van der Waals surface area contributed by atoms with E-state index in [0.717, 1.165) is 47.9 Å². The number of aromatic nitrogens is 4. The Hall–Kier alpha value is -6.17. The molecule has 81 heavy (non-hydrogen) atoms. The van der Waals surface area contributed by atoms with Crippen LogP contribution in [0.5, 0.6) is 0 Å². The topological polar surface area (TPSA) is 213 Å². The number of nitrogens with one attached hydrogen (secondary N) is 4. The van der Waals surface area contributed by atoms with E-state index in [9.17, 15) is 28.8 Å². The van der Waals surface area contributed by atoms with Gasteiger partial charge in [0.2, 0.25) is 5.24 Å². The molecule has 0 amide bonds. The molecule has 8 rings (SSSR count). The molecule has 0 radical (unpaired) electrons. The molecule has 0 bridgehead atoms. The number of aromatic amines is 4. The van der Waals surface area contributed by atoms with E-state index in [0.29, 0.717) is 81.5 Å². The lowest BCUT2D eigenvalue weighted by Crippen LogP contribution is -2.05. The third-order valence-corrected chi connectivity index (χ3v) is 13.4. The Balaban J connectivity index is 0.000000223. The molecular formula is C58H53Cl9N4O10. The number of carboxylic acids is 1. The van der Waals surface area contributed by atoms with Gasteiger partial charge in [-0.1, -0.05) is 117 Å². The lowest BCUT2D eigenvalue weighted by molar-refractivity contribution is -0.111. The molecule has 4 aromatic carbocycles. The van der Waals surface area contributed by atoms with E-state index in [1.54, 1.807) is 106 Å². The molecule has 0 aliphatic carbocycles. The molecule has 14 nitrogen and oxygen atoms in total. The predicted octanol–water partition coefficient (Wildman–Crippen LogP) is 16.5. The maximum Gasteiger partial charge on any atom is 0.354 e. The number of ether oxygens (including phenoxy) is 3. The van der Waals surface area contributed by atoms with Crippen molar-refractivity contribution in [1.82, 2.24) is 19.9 Å². The summed E-state index contributed by atoms with van der Waals surface area (Å²) in [6.07, 6.45) is 10.0. The highest BCUT2D eigenvalue weighted by molar-refractivity contribution is 6.63. The standard InChI is InChI=1S/C15H13Cl2NO3.C15H15Cl2NO2.C13H11Cl2NO2.C8H5Cl3O.C7H9NO2/c1-2-21-15(20)13-5-10(8-18-13)14(19)6-9-3-4-11(16)7-12(9)17;1-2-20-15(19)14-7-10(9-18-14)3-4-11-5-6-12(16)8-13(11)17;14-10-4-3-9(11(15)6-10)2-1-8-5-12(13(17)18)16-7-8;9-6-2-1-5(3-8(11)12)7(10)4-6;1-2-10-7(9)6-4-3-5-8-6/h3-5,7-8,18H,2,6H2,1H3;5-9,18H,2-4H2,1H3;3-7,16H,1-2H2,(H,17,18);1-2,4H,3H2;3-5,8H,2H2,1H3. The molecular weight excluding hydrogens is 1230 g/mol. The van der Waals surface area contributed by atoms with Gasteiger partial charge in [-0.05, 0) is 170 Å². The molecule has 4 heterocycles. The molecule has 8 aromatic rings. The Morgan fingerprint density at radius 1 is 0.432 bits per heavy atom. The number of carboxylic acid groups (broad SMARTS) is 1. The van der Waals surface area contributed by atoms with Gasteiger partial charge in [0.25, 0.3) is 0 Å². The zero-order valence-corrected chi connectivity index (χ0v) is 50.3. The Morgan fingerprint density at radius 2 is 0.815 bits per heavy atom. The summed E-state index contributed by atoms with van der Waals surface area (Å²) in [7, 11) is 0. The number of ketones is 1. The van der Waals surface area contributed by atoms with Crippen LogP contribution in [0.25, 0.3) is 0 Å². The Morgan fingerprint density at radius 3 is 1.20 bits per heavy atom. The molecule has 0 aliphatic rings. The summed E-state index contributed by atoms with van der Waals surface area (Å²) >= 11 is 52.3. The van der Waals surface area contributed by atoms with E-state index in [-0.39, 0.29) is 48.6 Å². The summed E-state index contributed by atoms with van der Waals surface area (Å²) in [6.45, 7) is 6.34. The number of H-pyrrole nitrogens is 4. The molecule has 4 aromatic heterocycles. The minimum atomic E-state index is -0.953. The molecule has 0 atom stereocenters. The Labute approximate surface area is 512 Å². The number of carbonyl (C=O) groups is 6. The van der Waals surface area contributed by atoms with Crippen molar-refractivity contribution in [3.63, 3.8) is 0 Å². The summed E-state index contributed by atoms with van der Waals surface area (Å²) in [5, 5.41) is 12.9. The quantitative estimate of drug-likeness (QED) is 0.0237. The van der Waals surface area contributed by atoms with Crippen molar-refractivity contribution >= 4 is 139 Å². The number of aryl methyl sites for hydroxylation is 4. The third kappa shape index (κ3) is 23.7. The Bertz CT molecular complexity index is 3370. The first-order chi connectivity index (χ1) is 38.6. The van der Waals surface area contributed by atoms with Gasteiger partial charge in [0.15, 0.2) is 5.78 Å². The highest BCUT2D eigenvalue weighted by atomic mass is 35.5. The van der Waals surface area contributed by atoms with Crippen LogP contribution in [-0.4, -0.2) is 79.8 Å². The lowest BCUT2D eigenvalue weighted by atomic mass is 10.1. The minimum Gasteiger partial charge on any atom is -0.477 e. The van der Waals surface area contributed by atoms with Crippen LogP contribution in [0.2, 0.25) is 40.2 Å². The van der Waals surface area contributed by atoms with E-state index < -0.39 is 17.2 Å². The van der Waals surface area contributed by atoms with Crippen LogP contribution in [0.4, 0.5) is 0 Å². The van der Waals surface area contributed by atoms with Crippen molar-refractivity contribution in [2.45, 2.75) is 59.3 Å². The number of Topliss-reactive ketones (excluding diaryl/α,β-unsaturated/α-hetero) is 1. The van der Waals surface area contributed by atoms with E-state index >= 15 is 0 Å². The number of aromatic carboxylic acids is 1. The van der Waals surface area contributed by atoms with Crippen molar-refractivity contribution < 1.29 is 48.1 Å². The smallest absolute Gasteiger partial charge is 0.354 e. The van der Waals surface area contributed by atoms with Crippen molar-refractivity contribution in [3.05, 3.63) is 230 Å². The maximum atomic E-state index is 12.2. The fraction of sp³-hybridized carbons (Fsp3) is 0.207. The number of carbonyl (C=O) groups excluding carboxylic acids is 5. The van der Waals surface area contributed by atoms with Crippen LogP contribution in [0.15, 0.2) is 128 Å². The first-order valence-electron chi connectivity index (χ1n) is 24.5. The number of benzene rings is 4. The number of halogens is 9. The van der Waals surface area contributed by atoms with E-state index in [1.165, 1.54) is 12.3 Å². The number of hydrogen-bond acceptors (Lipinski definition) is 9. The number of esters is 3. The van der Waals surface area contributed by atoms with Gasteiger partial charge in [-0.2, -0.15) is 0 Å². The number of hydrogen-bond donors (Lipinski definition) is 5. The van der Waals surface area contributed by atoms with Gasteiger partial charge >= 0.3 is 23.9 Å². The van der Waals surface area contributed by atoms with Gasteiger partial charge in [0, 0.05) is 83.4 Å². The first kappa shape index (κ1) is 67.3. The molecule has 0 aliphatic heterocycles. The molecule has 23 heteroatoms. The third-order valence-electron chi connectivity index (χ3n) is 10.9. The fourth-order valence-corrected chi connectivity index (χ4v) is 9.03. The van der Waals surface area contributed by atoms with Crippen LogP contribution in [0, 0.1) is 0 Å². The van der Waals surface area contributed by atoms with Crippen LogP contribution >= 0.6 is 104 Å². The summed E-state index contributed by atoms with van der Waals surface area (Å²) in [4.78, 5) is 78.4. The molecule has 0 saturated heterocycles. The second kappa shape index (κ2) is 35.0. The van der Waals surface area contributed by atoms with Gasteiger partial charge in [-0.15, -0.1) is 0 Å². The maximum absolute atomic E-state index is 12.2. The number of rotatable bonds is 18. The second-order valence-electron chi connectivity index (χ2n) is 16.8. The fourth-order valence-electron chi connectivity index (χ4n) is 6.93. The van der Waals surface area contributed by atoms with Crippen molar-refractivity contribution in [2.24, 2.45) is 0 Å². The zero-order chi connectivity index (χ0) is 59.6. The van der Waals surface area contributed by atoms with Crippen molar-refractivity contribution in [2.75, 3.05) is 19.8 Å². The van der Waals surface area contributed by atoms with Crippen LogP contribution in [0.1, 0.15) is 106 Å². The summed E-state index contributed by atoms with van der Waals surface area (Å²) in [5.41, 5.74) is 7.24. The molecule has 428 valence electrons. The predicted molar refractivity (Wildman–Crippen MR) is 321 cm³/mol. The SMILES string of the molecule is CCOC(=O)c1cc(C(=O)Cc2ccc(Cl)cc2Cl)c[nH]1.CCOC(=O)c1cc(CCc2ccc(Cl)cc2Cl)c[nH]1.CCOC(=O)c1ccc[nH]1.O=C(Cl)Cc1ccc(Cl)cc1Cl.O=C(O)c1cc(CCc2ccc(Cl)cc2Cl)c[nH]1. The molecule has 0 spiro atoms. The monoisotopic (exact) mass is 1280 g/mol. The molecule has 5 N–H and O–H groups in total. The van der Waals surface area contributed by atoms with Gasteiger partial charge < -0.3 is 39.3 Å². The van der Waals surface area contributed by atoms with Gasteiger partial charge in [-0.25, -0.2) is 19.2 Å². The summed E-state index contributed by atoms with van der Waals surface area (Å²) in [5.74, 6) is -2.21. The van der Waals surface area contributed by atoms with E-state index in [4.69, 9.17) is 124 Å². The largest absolute Gasteiger partial charge is 0.477 e. The van der Waals surface area contributed by atoms with Crippen LogP contribution < -0.4 is 0 Å². The second-order valence-corrected chi connectivity index (χ2v) is 20.6. The summed E-state index contributed by atoms with van der Waals surface area (Å²) < 4.78 is 14.5. The van der Waals surface area contributed by atoms with E-state index in [1.807, 2.05) is 30.5 Å². The normalized spacial score (nSPS) is 10.3. The van der Waals surface area contributed by atoms with Crippen molar-refractivity contribution in [3.8, 4) is 0 Å². The molecule has 0 fully saturated rings. The zero-order valence-electron chi connectivity index (χ0n) is 43.5. The minimum absolute atomic E-state index is 0.135. The summed E-state index contributed by atoms with van der Waals surface area (Å²) in [6, 6.07) is 29.1. The van der Waals surface area contributed by atoms with Crippen LogP contribution in [-0.2, 0) is 57.5 Å².